The molecule has 202 valence electrons. The normalized spacial score (nSPS) is 12.0. The quantitative estimate of drug-likeness (QED) is 0.357. The highest BCUT2D eigenvalue weighted by atomic mass is 35.5. The van der Waals surface area contributed by atoms with Gasteiger partial charge in [0, 0.05) is 18.1 Å². The van der Waals surface area contributed by atoms with Crippen molar-refractivity contribution in [3.8, 4) is 0 Å². The smallest absolute Gasteiger partial charge is 0.264 e. The molecule has 0 fully saturated rings. The van der Waals surface area contributed by atoms with Crippen LogP contribution in [0.25, 0.3) is 0 Å². The van der Waals surface area contributed by atoms with Gasteiger partial charge in [-0.1, -0.05) is 61.0 Å². The van der Waals surface area contributed by atoms with Crippen molar-refractivity contribution in [3.05, 3.63) is 94.5 Å². The van der Waals surface area contributed by atoms with Crippen LogP contribution in [-0.2, 0) is 26.2 Å². The van der Waals surface area contributed by atoms with E-state index in [-0.39, 0.29) is 17.3 Å². The van der Waals surface area contributed by atoms with Gasteiger partial charge in [0.1, 0.15) is 12.6 Å². The van der Waals surface area contributed by atoms with Gasteiger partial charge in [-0.05, 0) is 74.2 Å². The Balaban J connectivity index is 2.09. The maximum absolute atomic E-state index is 14.0. The lowest BCUT2D eigenvalue weighted by Gasteiger charge is -2.33. The number of benzene rings is 3. The first-order chi connectivity index (χ1) is 18.1. The molecule has 0 bridgehead atoms. The summed E-state index contributed by atoms with van der Waals surface area (Å²) in [7, 11) is -4.10. The summed E-state index contributed by atoms with van der Waals surface area (Å²) in [6, 6.07) is 19.7. The Morgan fingerprint density at radius 3 is 2.11 bits per heavy atom. The molecule has 38 heavy (non-hydrogen) atoms. The van der Waals surface area contributed by atoms with E-state index >= 15 is 0 Å². The standard InChI is InChI=1S/C29H34ClN3O4S/c1-5-27(29(35)31-6-2)32(19-23-12-10-11-15-26(23)30)28(34)20-33(24-17-21(3)16-22(4)18-24)38(36,37)25-13-8-7-9-14-25/h7-18,27H,5-6,19-20H2,1-4H3,(H,31,35)/t27-/m0/s1. The summed E-state index contributed by atoms with van der Waals surface area (Å²) in [6.07, 6.45) is 0.344. The monoisotopic (exact) mass is 555 g/mol. The minimum Gasteiger partial charge on any atom is -0.355 e. The highest BCUT2D eigenvalue weighted by molar-refractivity contribution is 7.92. The lowest BCUT2D eigenvalue weighted by Crippen LogP contribution is -2.52. The number of nitrogens with one attached hydrogen (secondary N) is 1. The number of anilines is 1. The molecular weight excluding hydrogens is 522 g/mol. The second kappa shape index (κ2) is 12.9. The summed E-state index contributed by atoms with van der Waals surface area (Å²) in [6.45, 7) is 7.34. The number of aryl methyl sites for hydroxylation is 2. The van der Waals surface area contributed by atoms with Gasteiger partial charge in [-0.15, -0.1) is 0 Å². The van der Waals surface area contributed by atoms with Crippen molar-refractivity contribution in [2.45, 2.75) is 51.6 Å². The van der Waals surface area contributed by atoms with Crippen LogP contribution >= 0.6 is 11.6 Å². The first-order valence-electron chi connectivity index (χ1n) is 12.5. The molecule has 3 aromatic carbocycles. The number of sulfonamides is 1. The summed E-state index contributed by atoms with van der Waals surface area (Å²) in [4.78, 5) is 28.5. The third-order valence-corrected chi connectivity index (χ3v) is 8.30. The molecule has 0 heterocycles. The predicted octanol–water partition coefficient (Wildman–Crippen LogP) is 5.10. The molecule has 9 heteroatoms. The number of rotatable bonds is 11. The van der Waals surface area contributed by atoms with Crippen LogP contribution in [0.15, 0.2) is 77.7 Å². The summed E-state index contributed by atoms with van der Waals surface area (Å²) >= 11 is 6.41. The maximum atomic E-state index is 14.0. The van der Waals surface area contributed by atoms with Crippen LogP contribution in [0.2, 0.25) is 5.02 Å². The fourth-order valence-corrected chi connectivity index (χ4v) is 5.98. The van der Waals surface area contributed by atoms with Gasteiger partial charge in [0.2, 0.25) is 11.8 Å². The molecular formula is C29H34ClN3O4S. The number of carbonyl (C=O) groups excluding carboxylic acids is 2. The minimum atomic E-state index is -4.10. The minimum absolute atomic E-state index is 0.0558. The van der Waals surface area contributed by atoms with Gasteiger partial charge in [0.05, 0.1) is 10.6 Å². The maximum Gasteiger partial charge on any atom is 0.264 e. The third-order valence-electron chi connectivity index (χ3n) is 6.14. The highest BCUT2D eigenvalue weighted by Gasteiger charge is 2.33. The van der Waals surface area contributed by atoms with Gasteiger partial charge in [0.15, 0.2) is 0 Å². The van der Waals surface area contributed by atoms with E-state index in [0.717, 1.165) is 15.4 Å². The van der Waals surface area contributed by atoms with Crippen LogP contribution in [0, 0.1) is 13.8 Å². The fourth-order valence-electron chi connectivity index (χ4n) is 4.36. The fraction of sp³-hybridized carbons (Fsp3) is 0.310. The second-order valence-corrected chi connectivity index (χ2v) is 11.4. The number of halogens is 1. The van der Waals surface area contributed by atoms with Crippen molar-refractivity contribution in [2.24, 2.45) is 0 Å². The first kappa shape index (κ1) is 29.2. The topological polar surface area (TPSA) is 86.8 Å². The first-order valence-corrected chi connectivity index (χ1v) is 14.4. The Bertz CT molecular complexity index is 1360. The molecule has 1 N–H and O–H groups in total. The summed E-state index contributed by atoms with van der Waals surface area (Å²) < 4.78 is 28.8. The van der Waals surface area contributed by atoms with Gasteiger partial charge in [0.25, 0.3) is 10.0 Å². The Kier molecular flexibility index (Phi) is 9.94. The predicted molar refractivity (Wildman–Crippen MR) is 152 cm³/mol. The average molecular weight is 556 g/mol. The van der Waals surface area contributed by atoms with Gasteiger partial charge in [-0.25, -0.2) is 8.42 Å². The van der Waals surface area contributed by atoms with Crippen LogP contribution in [0.1, 0.15) is 37.0 Å². The van der Waals surface area contributed by atoms with Crippen molar-refractivity contribution >= 4 is 39.1 Å². The summed E-state index contributed by atoms with van der Waals surface area (Å²) in [5.74, 6) is -0.819. The molecule has 0 saturated heterocycles. The largest absolute Gasteiger partial charge is 0.355 e. The Morgan fingerprint density at radius 2 is 1.53 bits per heavy atom. The molecule has 0 aromatic heterocycles. The molecule has 0 radical (unpaired) electrons. The SMILES string of the molecule is CCNC(=O)[C@H](CC)N(Cc1ccccc1Cl)C(=O)CN(c1cc(C)cc(C)c1)S(=O)(=O)c1ccccc1. The second-order valence-electron chi connectivity index (χ2n) is 9.10. The van der Waals surface area contributed by atoms with Crippen molar-refractivity contribution < 1.29 is 18.0 Å². The molecule has 0 saturated carbocycles. The number of hydrogen-bond donors (Lipinski definition) is 1. The zero-order chi connectivity index (χ0) is 27.9. The molecule has 2 amide bonds. The molecule has 0 aliphatic heterocycles. The van der Waals surface area contributed by atoms with E-state index in [2.05, 4.69) is 5.32 Å². The van der Waals surface area contributed by atoms with E-state index < -0.39 is 28.5 Å². The third kappa shape index (κ3) is 6.94. The molecule has 0 aliphatic carbocycles. The lowest BCUT2D eigenvalue weighted by atomic mass is 10.1. The molecule has 0 spiro atoms. The Morgan fingerprint density at radius 1 is 0.921 bits per heavy atom. The molecule has 7 nitrogen and oxygen atoms in total. The van der Waals surface area contributed by atoms with Crippen LogP contribution < -0.4 is 9.62 Å². The number of amides is 2. The van der Waals surface area contributed by atoms with Crippen LogP contribution in [0.4, 0.5) is 5.69 Å². The van der Waals surface area contributed by atoms with Crippen molar-refractivity contribution in [3.63, 3.8) is 0 Å². The molecule has 0 aliphatic rings. The van der Waals surface area contributed by atoms with Crippen LogP contribution in [-0.4, -0.2) is 44.3 Å². The molecule has 1 atom stereocenters. The Labute approximate surface area is 230 Å². The molecule has 0 unspecified atom stereocenters. The molecule has 3 aromatic rings. The Hall–Kier alpha value is -3.36. The average Bonchev–Trinajstić information content (AvgIpc) is 2.88. The highest BCUT2D eigenvalue weighted by Crippen LogP contribution is 2.27. The van der Waals surface area contributed by atoms with Crippen molar-refractivity contribution in [1.29, 1.82) is 0 Å². The van der Waals surface area contributed by atoms with Gasteiger partial charge in [-0.3, -0.25) is 13.9 Å². The summed E-state index contributed by atoms with van der Waals surface area (Å²) in [5.41, 5.74) is 2.77. The van der Waals surface area contributed by atoms with E-state index in [9.17, 15) is 18.0 Å². The zero-order valence-corrected chi connectivity index (χ0v) is 23.7. The van der Waals surface area contributed by atoms with Crippen LogP contribution in [0.5, 0.6) is 0 Å². The number of likely N-dealkylation sites (N-methyl/N-ethyl adjacent to an activating group) is 1. The van der Waals surface area contributed by atoms with Crippen molar-refractivity contribution in [2.75, 3.05) is 17.4 Å². The molecule has 3 rings (SSSR count). The number of nitrogens with zero attached hydrogens (tertiary/aromatic N) is 2. The van der Waals surface area contributed by atoms with E-state index in [0.29, 0.717) is 29.2 Å². The van der Waals surface area contributed by atoms with Gasteiger partial charge < -0.3 is 10.2 Å². The van der Waals surface area contributed by atoms with Crippen LogP contribution in [0.3, 0.4) is 0 Å². The number of hydrogen-bond acceptors (Lipinski definition) is 4. The van der Waals surface area contributed by atoms with Gasteiger partial charge >= 0.3 is 0 Å². The summed E-state index contributed by atoms with van der Waals surface area (Å²) in [5, 5.41) is 3.25. The van der Waals surface area contributed by atoms with Crippen molar-refractivity contribution in [1.82, 2.24) is 10.2 Å². The number of carbonyl (C=O) groups is 2. The zero-order valence-electron chi connectivity index (χ0n) is 22.1. The van der Waals surface area contributed by atoms with Gasteiger partial charge in [-0.2, -0.15) is 0 Å². The van der Waals surface area contributed by atoms with E-state index in [4.69, 9.17) is 11.6 Å². The van der Waals surface area contributed by atoms with E-state index in [1.807, 2.05) is 26.8 Å². The van der Waals surface area contributed by atoms with E-state index in [1.54, 1.807) is 61.5 Å². The van der Waals surface area contributed by atoms with E-state index in [1.165, 1.54) is 17.0 Å². The lowest BCUT2D eigenvalue weighted by molar-refractivity contribution is -0.140.